The van der Waals surface area contributed by atoms with E-state index in [9.17, 15) is 18.8 Å². The second kappa shape index (κ2) is 9.46. The van der Waals surface area contributed by atoms with Gasteiger partial charge in [-0.05, 0) is 35.6 Å². The molecule has 11 nitrogen and oxygen atoms in total. The fourth-order valence-corrected chi connectivity index (χ4v) is 2.27. The van der Waals surface area contributed by atoms with Crippen molar-refractivity contribution in [2.24, 2.45) is 5.11 Å². The SMILES string of the molecule is N#COC(=O)c1nn(-c2ccccc2)c(CCCNC(=O)C(=O)N=[N+]=[N-])c1F. The minimum absolute atomic E-state index is 0.0201. The number of benzene rings is 1. The molecule has 0 radical (unpaired) electrons. The highest BCUT2D eigenvalue weighted by Gasteiger charge is 2.25. The number of nitrogens with zero attached hydrogens (tertiary/aromatic N) is 6. The molecule has 0 aliphatic heterocycles. The Morgan fingerprint density at radius 2 is 2.07 bits per heavy atom. The smallest absolute Gasteiger partial charge is 0.349 e. The molecule has 1 aromatic heterocycles. The number of para-hydroxylation sites is 1. The van der Waals surface area contributed by atoms with E-state index >= 15 is 0 Å². The van der Waals surface area contributed by atoms with Gasteiger partial charge in [0.15, 0.2) is 5.82 Å². The van der Waals surface area contributed by atoms with Gasteiger partial charge in [0, 0.05) is 11.5 Å². The topological polar surface area (TPSA) is 163 Å². The molecular weight excluding hydrogens is 373 g/mol. The molecule has 2 rings (SSSR count). The quantitative estimate of drug-likeness (QED) is 0.151. The van der Waals surface area contributed by atoms with E-state index in [1.165, 1.54) is 10.9 Å². The van der Waals surface area contributed by atoms with Gasteiger partial charge in [-0.25, -0.2) is 13.9 Å². The molecule has 0 bridgehead atoms. The van der Waals surface area contributed by atoms with E-state index in [0.29, 0.717) is 5.69 Å². The van der Waals surface area contributed by atoms with Gasteiger partial charge in [-0.15, -0.1) is 5.26 Å². The molecule has 142 valence electrons. The number of carbonyl (C=O) groups excluding carboxylic acids is 3. The number of aromatic nitrogens is 2. The molecule has 1 aromatic carbocycles. The minimum atomic E-state index is -1.29. The summed E-state index contributed by atoms with van der Waals surface area (Å²) >= 11 is 0. The minimum Gasteiger partial charge on any atom is -0.349 e. The molecule has 12 heteroatoms. The third-order valence-corrected chi connectivity index (χ3v) is 3.46. The summed E-state index contributed by atoms with van der Waals surface area (Å²) in [6.07, 6.45) is 1.38. The van der Waals surface area contributed by atoms with Crippen LogP contribution in [0.2, 0.25) is 0 Å². The van der Waals surface area contributed by atoms with Crippen molar-refractivity contribution < 1.29 is 23.5 Å². The molecule has 0 spiro atoms. The van der Waals surface area contributed by atoms with Crippen molar-refractivity contribution in [3.63, 3.8) is 0 Å². The van der Waals surface area contributed by atoms with Crippen LogP contribution in [0.3, 0.4) is 0 Å². The summed E-state index contributed by atoms with van der Waals surface area (Å²) in [6, 6.07) is 8.39. The molecule has 0 aliphatic carbocycles. The van der Waals surface area contributed by atoms with Crippen molar-refractivity contribution in [1.82, 2.24) is 15.1 Å². The standard InChI is InChI=1S/C16H12FN7O4/c17-12-11(7-4-8-20-14(25)15(26)21-23-19)24(10-5-2-1-3-6-10)22-13(12)16(27)28-9-18/h1-3,5-6H,4,7-8H2,(H,20,25). The molecule has 0 aliphatic rings. The fourth-order valence-electron chi connectivity index (χ4n) is 2.27. The normalized spacial score (nSPS) is 9.71. The number of ether oxygens (including phenoxy) is 1. The Morgan fingerprint density at radius 1 is 1.36 bits per heavy atom. The van der Waals surface area contributed by atoms with Gasteiger partial charge in [-0.2, -0.15) is 5.10 Å². The number of azide groups is 1. The van der Waals surface area contributed by atoms with Crippen LogP contribution < -0.4 is 5.32 Å². The van der Waals surface area contributed by atoms with Gasteiger partial charge in [-0.1, -0.05) is 18.2 Å². The average Bonchev–Trinajstić information content (AvgIpc) is 3.02. The predicted molar refractivity (Wildman–Crippen MR) is 90.0 cm³/mol. The number of rotatable bonds is 6. The van der Waals surface area contributed by atoms with E-state index in [1.54, 1.807) is 30.3 Å². The Bertz CT molecular complexity index is 990. The second-order valence-electron chi connectivity index (χ2n) is 5.19. The lowest BCUT2D eigenvalue weighted by Gasteiger charge is -2.07. The summed E-state index contributed by atoms with van der Waals surface area (Å²) in [7, 11) is 0. The zero-order valence-corrected chi connectivity index (χ0v) is 14.2. The highest BCUT2D eigenvalue weighted by molar-refractivity contribution is 6.35. The first-order valence-electron chi connectivity index (χ1n) is 7.80. The van der Waals surface area contributed by atoms with Crippen molar-refractivity contribution >= 4 is 17.8 Å². The Morgan fingerprint density at radius 3 is 2.71 bits per heavy atom. The lowest BCUT2D eigenvalue weighted by Crippen LogP contribution is -2.30. The van der Waals surface area contributed by atoms with Crippen molar-refractivity contribution in [2.45, 2.75) is 12.8 Å². The van der Waals surface area contributed by atoms with E-state index in [4.69, 9.17) is 10.8 Å². The number of carbonyl (C=O) groups is 3. The lowest BCUT2D eigenvalue weighted by molar-refractivity contribution is -0.137. The average molecular weight is 385 g/mol. The van der Waals surface area contributed by atoms with Crippen LogP contribution in [0.1, 0.15) is 22.6 Å². The lowest BCUT2D eigenvalue weighted by atomic mass is 10.2. The molecule has 1 N–H and O–H groups in total. The van der Waals surface area contributed by atoms with Crippen LogP contribution in [-0.2, 0) is 20.7 Å². The maximum Gasteiger partial charge on any atom is 0.377 e. The molecule has 2 amide bonds. The third kappa shape index (κ3) is 4.69. The van der Waals surface area contributed by atoms with Crippen molar-refractivity contribution in [3.8, 4) is 11.9 Å². The van der Waals surface area contributed by atoms with Gasteiger partial charge >= 0.3 is 11.9 Å². The predicted octanol–water partition coefficient (Wildman–Crippen LogP) is 1.53. The van der Waals surface area contributed by atoms with Gasteiger partial charge < -0.3 is 10.1 Å². The maximum absolute atomic E-state index is 14.7. The van der Waals surface area contributed by atoms with Crippen LogP contribution in [-0.4, -0.2) is 34.1 Å². The van der Waals surface area contributed by atoms with E-state index in [2.05, 4.69) is 25.2 Å². The van der Waals surface area contributed by atoms with Gasteiger partial charge in [-0.3, -0.25) is 9.59 Å². The fraction of sp³-hybridized carbons (Fsp3) is 0.188. The summed E-state index contributed by atoms with van der Waals surface area (Å²) < 4.78 is 20.0. The van der Waals surface area contributed by atoms with Gasteiger partial charge in [0.1, 0.15) is 0 Å². The Balaban J connectivity index is 2.19. The van der Waals surface area contributed by atoms with Crippen LogP contribution in [0, 0.1) is 17.3 Å². The number of hydrogen-bond acceptors (Lipinski definition) is 6. The molecule has 1 heterocycles. The van der Waals surface area contributed by atoms with Gasteiger partial charge in [0.05, 0.1) is 11.4 Å². The Hall–Kier alpha value is -4.23. The van der Waals surface area contributed by atoms with Crippen LogP contribution in [0.5, 0.6) is 0 Å². The first kappa shape index (κ1) is 20.1. The number of hydrogen-bond donors (Lipinski definition) is 1. The molecule has 0 atom stereocenters. The Kier molecular flexibility index (Phi) is 6.79. The summed E-state index contributed by atoms with van der Waals surface area (Å²) in [5.74, 6) is -4.57. The van der Waals surface area contributed by atoms with E-state index < -0.39 is 29.3 Å². The zero-order chi connectivity index (χ0) is 20.5. The van der Waals surface area contributed by atoms with Crippen LogP contribution >= 0.6 is 0 Å². The summed E-state index contributed by atoms with van der Waals surface area (Å²) in [5, 5.41) is 17.2. The summed E-state index contributed by atoms with van der Waals surface area (Å²) in [6.45, 7) is -0.0249. The number of esters is 1. The number of halogens is 1. The molecule has 2 aromatic rings. The van der Waals surface area contributed by atoms with E-state index in [0.717, 1.165) is 0 Å². The van der Waals surface area contributed by atoms with Crippen LogP contribution in [0.25, 0.3) is 16.1 Å². The van der Waals surface area contributed by atoms with Crippen molar-refractivity contribution in [2.75, 3.05) is 6.54 Å². The Labute approximate surface area is 156 Å². The van der Waals surface area contributed by atoms with Crippen LogP contribution in [0.4, 0.5) is 4.39 Å². The third-order valence-electron chi connectivity index (χ3n) is 3.46. The molecule has 0 fully saturated rings. The van der Waals surface area contributed by atoms with Crippen molar-refractivity contribution in [3.05, 3.63) is 58.0 Å². The second-order valence-corrected chi connectivity index (χ2v) is 5.19. The van der Waals surface area contributed by atoms with E-state index in [-0.39, 0.29) is 25.1 Å². The number of amides is 2. The summed E-state index contributed by atoms with van der Waals surface area (Å²) in [4.78, 5) is 36.3. The van der Waals surface area contributed by atoms with Gasteiger partial charge in [0.25, 0.3) is 12.2 Å². The molecule has 28 heavy (non-hydrogen) atoms. The molecule has 0 unspecified atom stereocenters. The monoisotopic (exact) mass is 385 g/mol. The number of nitrogens with one attached hydrogen (secondary N) is 1. The first-order valence-corrected chi connectivity index (χ1v) is 7.80. The van der Waals surface area contributed by atoms with E-state index in [1.807, 2.05) is 0 Å². The largest absolute Gasteiger partial charge is 0.377 e. The molecular formula is C16H12FN7O4. The summed E-state index contributed by atoms with van der Waals surface area (Å²) in [5.41, 5.74) is 7.95. The van der Waals surface area contributed by atoms with Gasteiger partial charge in [0.2, 0.25) is 5.69 Å². The highest BCUT2D eigenvalue weighted by Crippen LogP contribution is 2.19. The molecule has 0 saturated heterocycles. The molecule has 0 saturated carbocycles. The van der Waals surface area contributed by atoms with Crippen LogP contribution in [0.15, 0.2) is 35.4 Å². The highest BCUT2D eigenvalue weighted by atomic mass is 19.1. The maximum atomic E-state index is 14.7. The van der Waals surface area contributed by atoms with Crippen molar-refractivity contribution in [1.29, 1.82) is 5.26 Å². The first-order chi connectivity index (χ1) is 13.5. The zero-order valence-electron chi connectivity index (χ0n) is 14.2. The number of nitriles is 1.